The zero-order chi connectivity index (χ0) is 17.2. The minimum Gasteiger partial charge on any atom is -0.493 e. The van der Waals surface area contributed by atoms with Crippen LogP contribution in [0.15, 0.2) is 48.6 Å². The molecule has 0 spiro atoms. The van der Waals surface area contributed by atoms with Crippen LogP contribution in [0.3, 0.4) is 0 Å². The lowest BCUT2D eigenvalue weighted by atomic mass is 9.88. The Morgan fingerprint density at radius 1 is 1.21 bits per heavy atom. The molecule has 0 saturated carbocycles. The number of benzene rings is 2. The van der Waals surface area contributed by atoms with Gasteiger partial charge < -0.3 is 19.3 Å². The van der Waals surface area contributed by atoms with Crippen LogP contribution in [0.25, 0.3) is 10.8 Å². The number of rotatable bonds is 6. The first-order valence-corrected chi connectivity index (χ1v) is 7.74. The number of carbonyl (C=O) groups is 1. The molecule has 126 valence electrons. The van der Waals surface area contributed by atoms with E-state index >= 15 is 0 Å². The van der Waals surface area contributed by atoms with E-state index in [9.17, 15) is 9.90 Å². The first-order valence-electron chi connectivity index (χ1n) is 7.74. The average molecular weight is 328 g/mol. The second-order valence-corrected chi connectivity index (χ2v) is 6.28. The molecule has 1 heterocycles. The summed E-state index contributed by atoms with van der Waals surface area (Å²) < 4.78 is 16.2. The Morgan fingerprint density at radius 2 is 1.83 bits per heavy atom. The summed E-state index contributed by atoms with van der Waals surface area (Å²) in [5.74, 6) is 0.773. The zero-order valence-corrected chi connectivity index (χ0v) is 13.6. The van der Waals surface area contributed by atoms with Gasteiger partial charge in [0.25, 0.3) is 0 Å². The van der Waals surface area contributed by atoms with Gasteiger partial charge in [0.05, 0.1) is 25.2 Å². The summed E-state index contributed by atoms with van der Waals surface area (Å²) in [6.45, 7) is 6.70. The number of hydrogen-bond acceptors (Lipinski definition) is 5. The molecule has 1 fully saturated rings. The second-order valence-electron chi connectivity index (χ2n) is 6.28. The highest BCUT2D eigenvalue weighted by atomic mass is 16.5. The molecule has 1 aliphatic heterocycles. The largest absolute Gasteiger partial charge is 0.493 e. The summed E-state index contributed by atoms with van der Waals surface area (Å²) in [5, 5.41) is 11.3. The van der Waals surface area contributed by atoms with Gasteiger partial charge in [-0.3, -0.25) is 0 Å². The molecule has 0 bridgehead atoms. The van der Waals surface area contributed by atoms with Gasteiger partial charge in [0.2, 0.25) is 0 Å². The van der Waals surface area contributed by atoms with Crippen LogP contribution in [0, 0.1) is 5.41 Å². The lowest BCUT2D eigenvalue weighted by molar-refractivity contribution is -0.153. The van der Waals surface area contributed by atoms with E-state index in [2.05, 4.69) is 6.58 Å². The number of fused-ring (bicyclic) bond motifs is 1. The van der Waals surface area contributed by atoms with Gasteiger partial charge in [-0.05, 0) is 42.0 Å². The van der Waals surface area contributed by atoms with Crippen molar-refractivity contribution in [3.8, 4) is 11.5 Å². The molecule has 24 heavy (non-hydrogen) atoms. The maximum Gasteiger partial charge on any atom is 0.338 e. The van der Waals surface area contributed by atoms with Gasteiger partial charge in [-0.2, -0.15) is 0 Å². The maximum atomic E-state index is 11.6. The highest BCUT2D eigenvalue weighted by molar-refractivity contribution is 5.90. The van der Waals surface area contributed by atoms with Crippen molar-refractivity contribution in [1.82, 2.24) is 0 Å². The van der Waals surface area contributed by atoms with Crippen LogP contribution >= 0.6 is 0 Å². The fraction of sp³-hybridized carbons (Fsp3) is 0.316. The van der Waals surface area contributed by atoms with Gasteiger partial charge in [0.1, 0.15) is 18.1 Å². The summed E-state index contributed by atoms with van der Waals surface area (Å²) in [4.78, 5) is 11.6. The SMILES string of the molecule is C=C(C)C(=O)Oc1ccc2cc(OCC3(CO)COC3)ccc2c1. The van der Waals surface area contributed by atoms with Crippen molar-refractivity contribution in [3.05, 3.63) is 48.6 Å². The quantitative estimate of drug-likeness (QED) is 0.502. The molecule has 0 aromatic heterocycles. The third-order valence-corrected chi connectivity index (χ3v) is 4.04. The molecule has 2 aromatic rings. The highest BCUT2D eigenvalue weighted by Crippen LogP contribution is 2.30. The van der Waals surface area contributed by atoms with Crippen LogP contribution in [0.4, 0.5) is 0 Å². The lowest BCUT2D eigenvalue weighted by Crippen LogP contribution is -2.49. The number of aliphatic hydroxyl groups excluding tert-OH is 1. The van der Waals surface area contributed by atoms with Crippen LogP contribution in [0.5, 0.6) is 11.5 Å². The predicted molar refractivity (Wildman–Crippen MR) is 90.2 cm³/mol. The molecule has 5 heteroatoms. The van der Waals surface area contributed by atoms with E-state index in [1.54, 1.807) is 19.1 Å². The molecule has 0 unspecified atom stereocenters. The third kappa shape index (κ3) is 3.42. The molecule has 3 rings (SSSR count). The highest BCUT2D eigenvalue weighted by Gasteiger charge is 2.39. The van der Waals surface area contributed by atoms with E-state index in [1.165, 1.54) is 0 Å². The molecule has 5 nitrogen and oxygen atoms in total. The molecule has 2 aromatic carbocycles. The third-order valence-electron chi connectivity index (χ3n) is 4.04. The summed E-state index contributed by atoms with van der Waals surface area (Å²) in [6.07, 6.45) is 0. The molecule has 1 aliphatic rings. The van der Waals surface area contributed by atoms with Crippen LogP contribution in [-0.4, -0.2) is 37.5 Å². The van der Waals surface area contributed by atoms with Crippen molar-refractivity contribution < 1.29 is 24.1 Å². The molecule has 1 saturated heterocycles. The average Bonchev–Trinajstić information content (AvgIpc) is 2.54. The van der Waals surface area contributed by atoms with Gasteiger partial charge in [-0.15, -0.1) is 0 Å². The first-order chi connectivity index (χ1) is 11.5. The predicted octanol–water partition coefficient (Wildman–Crippen LogP) is 2.71. The summed E-state index contributed by atoms with van der Waals surface area (Å²) in [7, 11) is 0. The van der Waals surface area contributed by atoms with Crippen LogP contribution in [0.2, 0.25) is 0 Å². The number of hydrogen-bond donors (Lipinski definition) is 1. The van der Waals surface area contributed by atoms with Crippen LogP contribution in [-0.2, 0) is 9.53 Å². The van der Waals surface area contributed by atoms with Crippen molar-refractivity contribution in [2.24, 2.45) is 5.41 Å². The molecule has 1 N–H and O–H groups in total. The maximum absolute atomic E-state index is 11.6. The Kier molecular flexibility index (Phi) is 4.55. The van der Waals surface area contributed by atoms with E-state index in [-0.39, 0.29) is 12.0 Å². The molecule has 0 aliphatic carbocycles. The summed E-state index contributed by atoms with van der Waals surface area (Å²) >= 11 is 0. The fourth-order valence-corrected chi connectivity index (χ4v) is 2.40. The van der Waals surface area contributed by atoms with E-state index < -0.39 is 5.97 Å². The zero-order valence-electron chi connectivity index (χ0n) is 13.6. The Balaban J connectivity index is 1.72. The van der Waals surface area contributed by atoms with Crippen molar-refractivity contribution in [2.75, 3.05) is 26.4 Å². The van der Waals surface area contributed by atoms with Crippen LogP contribution in [0.1, 0.15) is 6.92 Å². The minimum absolute atomic E-state index is 0.0536. The monoisotopic (exact) mass is 328 g/mol. The van der Waals surface area contributed by atoms with E-state index in [1.807, 2.05) is 24.3 Å². The Bertz CT molecular complexity index is 771. The number of carbonyl (C=O) groups excluding carboxylic acids is 1. The Hall–Kier alpha value is -2.37. The van der Waals surface area contributed by atoms with E-state index in [0.29, 0.717) is 31.1 Å². The van der Waals surface area contributed by atoms with Crippen molar-refractivity contribution in [1.29, 1.82) is 0 Å². The van der Waals surface area contributed by atoms with Gasteiger partial charge in [0.15, 0.2) is 0 Å². The summed E-state index contributed by atoms with van der Waals surface area (Å²) in [5.41, 5.74) is 0.0758. The number of aliphatic hydroxyl groups is 1. The van der Waals surface area contributed by atoms with Gasteiger partial charge in [-0.1, -0.05) is 18.7 Å². The van der Waals surface area contributed by atoms with Gasteiger partial charge in [-0.25, -0.2) is 4.79 Å². The molecular formula is C19H20O5. The standard InChI is InChI=1S/C19H20O5/c1-13(2)18(21)24-17-6-4-14-7-16(5-3-15(14)8-17)23-12-19(9-20)10-22-11-19/h3-8,20H,1,9-12H2,2H3. The first kappa shape index (κ1) is 16.5. The smallest absolute Gasteiger partial charge is 0.338 e. The Morgan fingerprint density at radius 3 is 2.38 bits per heavy atom. The molecule has 0 atom stereocenters. The van der Waals surface area contributed by atoms with Crippen molar-refractivity contribution in [3.63, 3.8) is 0 Å². The second kappa shape index (κ2) is 6.63. The number of ether oxygens (including phenoxy) is 3. The number of esters is 1. The van der Waals surface area contributed by atoms with Crippen LogP contribution < -0.4 is 9.47 Å². The fourth-order valence-electron chi connectivity index (χ4n) is 2.40. The molecule has 0 radical (unpaired) electrons. The molecular weight excluding hydrogens is 308 g/mol. The van der Waals surface area contributed by atoms with Crippen molar-refractivity contribution in [2.45, 2.75) is 6.92 Å². The van der Waals surface area contributed by atoms with Gasteiger partial charge >= 0.3 is 5.97 Å². The summed E-state index contributed by atoms with van der Waals surface area (Å²) in [6, 6.07) is 11.1. The molecule has 0 amide bonds. The van der Waals surface area contributed by atoms with E-state index in [0.717, 1.165) is 16.5 Å². The van der Waals surface area contributed by atoms with E-state index in [4.69, 9.17) is 14.2 Å². The normalized spacial score (nSPS) is 15.6. The topological polar surface area (TPSA) is 65.0 Å². The van der Waals surface area contributed by atoms with Crippen molar-refractivity contribution >= 4 is 16.7 Å². The Labute approximate surface area is 140 Å². The van der Waals surface area contributed by atoms with Gasteiger partial charge in [0, 0.05) is 5.57 Å². The lowest BCUT2D eigenvalue weighted by Gasteiger charge is -2.39. The minimum atomic E-state index is -0.439.